The molecular formula is C7H11N3O5S. The van der Waals surface area contributed by atoms with Crippen molar-refractivity contribution in [3.8, 4) is 0 Å². The maximum absolute atomic E-state index is 11.1. The fourth-order valence-electron chi connectivity index (χ4n) is 1.23. The second-order valence-electron chi connectivity index (χ2n) is 3.13. The molecule has 2 N–H and O–H groups in total. The van der Waals surface area contributed by atoms with Crippen molar-refractivity contribution >= 4 is 16.0 Å². The van der Waals surface area contributed by atoms with Crippen molar-refractivity contribution in [2.75, 3.05) is 20.0 Å². The summed E-state index contributed by atoms with van der Waals surface area (Å²) in [4.78, 5) is 11.1. The summed E-state index contributed by atoms with van der Waals surface area (Å²) in [5, 5.41) is 6.99. The Morgan fingerprint density at radius 3 is 2.69 bits per heavy atom. The summed E-state index contributed by atoms with van der Waals surface area (Å²) < 4.78 is 31.6. The molecule has 1 atom stereocenters. The lowest BCUT2D eigenvalue weighted by atomic mass is 10.1. The molecular weight excluding hydrogens is 238 g/mol. The summed E-state index contributed by atoms with van der Waals surface area (Å²) in [7, 11) is -2.53. The molecule has 0 spiro atoms. The maximum Gasteiger partial charge on any atom is 0.267 e. The SMILES string of the molecule is COCC1(OS(C)(=O)=O)N=NC=C1C(N)=O. The molecule has 16 heavy (non-hydrogen) atoms. The number of hydrogen-bond acceptors (Lipinski definition) is 7. The number of hydrogen-bond donors (Lipinski definition) is 1. The Kier molecular flexibility index (Phi) is 3.41. The number of carbonyl (C=O) groups excluding carboxylic acids is 1. The van der Waals surface area contributed by atoms with Crippen LogP contribution in [0.4, 0.5) is 0 Å². The molecule has 1 rings (SSSR count). The van der Waals surface area contributed by atoms with Crippen molar-refractivity contribution in [1.29, 1.82) is 0 Å². The Balaban J connectivity index is 3.12. The van der Waals surface area contributed by atoms with Crippen LogP contribution in [0.15, 0.2) is 22.0 Å². The maximum atomic E-state index is 11.1. The lowest BCUT2D eigenvalue weighted by Crippen LogP contribution is -2.42. The summed E-state index contributed by atoms with van der Waals surface area (Å²) in [5.74, 6) is -0.870. The first kappa shape index (κ1) is 12.7. The summed E-state index contributed by atoms with van der Waals surface area (Å²) >= 11 is 0. The van der Waals surface area contributed by atoms with E-state index in [1.807, 2.05) is 0 Å². The number of carbonyl (C=O) groups is 1. The molecule has 1 aliphatic heterocycles. The van der Waals surface area contributed by atoms with Crippen LogP contribution in [0.3, 0.4) is 0 Å². The van der Waals surface area contributed by atoms with E-state index in [1.54, 1.807) is 0 Å². The highest BCUT2D eigenvalue weighted by Crippen LogP contribution is 2.30. The number of primary amides is 1. The molecule has 1 amide bonds. The molecule has 0 fully saturated rings. The number of amides is 1. The van der Waals surface area contributed by atoms with Crippen molar-refractivity contribution in [1.82, 2.24) is 0 Å². The topological polar surface area (TPSA) is 120 Å². The zero-order chi connectivity index (χ0) is 12.4. The molecule has 0 aromatic rings. The van der Waals surface area contributed by atoms with E-state index in [2.05, 4.69) is 10.2 Å². The van der Waals surface area contributed by atoms with Gasteiger partial charge in [-0.15, -0.1) is 5.11 Å². The molecule has 1 heterocycles. The Hall–Kier alpha value is -1.32. The Morgan fingerprint density at radius 1 is 1.62 bits per heavy atom. The lowest BCUT2D eigenvalue weighted by molar-refractivity contribution is -0.116. The number of rotatable bonds is 5. The van der Waals surface area contributed by atoms with Gasteiger partial charge in [0.05, 0.1) is 18.0 Å². The second-order valence-corrected chi connectivity index (χ2v) is 4.70. The van der Waals surface area contributed by atoms with E-state index in [9.17, 15) is 13.2 Å². The van der Waals surface area contributed by atoms with Gasteiger partial charge in [-0.05, 0) is 0 Å². The first-order valence-electron chi connectivity index (χ1n) is 4.13. The van der Waals surface area contributed by atoms with Crippen molar-refractivity contribution in [2.45, 2.75) is 5.72 Å². The molecule has 0 aromatic heterocycles. The second kappa shape index (κ2) is 4.28. The van der Waals surface area contributed by atoms with Crippen LogP contribution >= 0.6 is 0 Å². The molecule has 0 radical (unpaired) electrons. The van der Waals surface area contributed by atoms with E-state index in [0.29, 0.717) is 0 Å². The van der Waals surface area contributed by atoms with Gasteiger partial charge in [-0.2, -0.15) is 13.5 Å². The van der Waals surface area contributed by atoms with Crippen molar-refractivity contribution in [3.05, 3.63) is 11.8 Å². The first-order chi connectivity index (χ1) is 7.31. The molecule has 1 aliphatic rings. The first-order valence-corrected chi connectivity index (χ1v) is 5.94. The molecule has 0 saturated heterocycles. The molecule has 90 valence electrons. The van der Waals surface area contributed by atoms with Gasteiger partial charge in [0.25, 0.3) is 21.8 Å². The predicted octanol–water partition coefficient (Wildman–Crippen LogP) is -0.860. The average Bonchev–Trinajstić information content (AvgIpc) is 2.45. The van der Waals surface area contributed by atoms with Crippen molar-refractivity contribution in [2.24, 2.45) is 16.0 Å². The van der Waals surface area contributed by atoms with E-state index < -0.39 is 21.8 Å². The van der Waals surface area contributed by atoms with E-state index in [0.717, 1.165) is 12.5 Å². The van der Waals surface area contributed by atoms with Gasteiger partial charge in [0.15, 0.2) is 0 Å². The molecule has 9 heteroatoms. The third kappa shape index (κ3) is 2.62. The van der Waals surface area contributed by atoms with Gasteiger partial charge in [0.1, 0.15) is 6.61 Å². The minimum Gasteiger partial charge on any atom is -0.379 e. The van der Waals surface area contributed by atoms with Crippen LogP contribution in [0.5, 0.6) is 0 Å². The standard InChI is InChI=1S/C7H11N3O5S/c1-14-4-7(15-16(2,12)13)5(6(8)11)3-9-10-7/h3H,4H2,1-2H3,(H2,8,11). The Bertz CT molecular complexity index is 455. The van der Waals surface area contributed by atoms with Gasteiger partial charge in [0.2, 0.25) is 0 Å². The fourth-order valence-corrected chi connectivity index (χ4v) is 1.90. The lowest BCUT2D eigenvalue weighted by Gasteiger charge is -2.23. The normalized spacial score (nSPS) is 24.5. The highest BCUT2D eigenvalue weighted by Gasteiger charge is 2.45. The molecule has 8 nitrogen and oxygen atoms in total. The van der Waals surface area contributed by atoms with Crippen LogP contribution in [0, 0.1) is 0 Å². The Labute approximate surface area is 92.2 Å². The minimum absolute atomic E-state index is 0.167. The number of methoxy groups -OCH3 is 1. The number of ether oxygens (including phenoxy) is 1. The Morgan fingerprint density at radius 2 is 2.25 bits per heavy atom. The quantitative estimate of drug-likeness (QED) is 0.635. The van der Waals surface area contributed by atoms with Crippen LogP contribution < -0.4 is 5.73 Å². The highest BCUT2D eigenvalue weighted by atomic mass is 32.2. The van der Waals surface area contributed by atoms with Gasteiger partial charge < -0.3 is 10.5 Å². The summed E-state index contributed by atoms with van der Waals surface area (Å²) in [6.07, 6.45) is 1.88. The van der Waals surface area contributed by atoms with Gasteiger partial charge >= 0.3 is 0 Å². The number of azo groups is 1. The highest BCUT2D eigenvalue weighted by molar-refractivity contribution is 7.86. The van der Waals surface area contributed by atoms with Crippen molar-refractivity contribution in [3.63, 3.8) is 0 Å². The van der Waals surface area contributed by atoms with Gasteiger partial charge in [0, 0.05) is 7.11 Å². The molecule has 0 saturated carbocycles. The summed E-state index contributed by atoms with van der Waals surface area (Å²) in [6, 6.07) is 0. The summed E-state index contributed by atoms with van der Waals surface area (Å²) in [5.41, 5.74) is 3.10. The third-order valence-corrected chi connectivity index (χ3v) is 2.30. The van der Waals surface area contributed by atoms with Crippen molar-refractivity contribution < 1.29 is 22.1 Å². The molecule has 0 aliphatic carbocycles. The summed E-state index contributed by atoms with van der Waals surface area (Å²) in [6.45, 7) is -0.279. The zero-order valence-corrected chi connectivity index (χ0v) is 9.52. The molecule has 0 aromatic carbocycles. The predicted molar refractivity (Wildman–Crippen MR) is 52.7 cm³/mol. The molecule has 0 bridgehead atoms. The number of nitrogens with two attached hydrogens (primary N) is 1. The average molecular weight is 249 g/mol. The van der Waals surface area contributed by atoms with Gasteiger partial charge in [-0.3, -0.25) is 4.79 Å². The van der Waals surface area contributed by atoms with Crippen LogP contribution in [0.1, 0.15) is 0 Å². The van der Waals surface area contributed by atoms with Crippen LogP contribution in [-0.2, 0) is 23.8 Å². The fraction of sp³-hybridized carbons (Fsp3) is 0.571. The largest absolute Gasteiger partial charge is 0.379 e. The van der Waals surface area contributed by atoms with Crippen LogP contribution in [0.25, 0.3) is 0 Å². The third-order valence-electron chi connectivity index (χ3n) is 1.72. The monoisotopic (exact) mass is 249 g/mol. The minimum atomic E-state index is -3.84. The zero-order valence-electron chi connectivity index (χ0n) is 8.71. The smallest absolute Gasteiger partial charge is 0.267 e. The van der Waals surface area contributed by atoms with E-state index in [-0.39, 0.29) is 12.2 Å². The number of nitrogens with zero attached hydrogens (tertiary/aromatic N) is 2. The van der Waals surface area contributed by atoms with Gasteiger partial charge in [-0.25, -0.2) is 4.18 Å². The van der Waals surface area contributed by atoms with E-state index in [4.69, 9.17) is 14.7 Å². The van der Waals surface area contributed by atoms with Crippen LogP contribution in [-0.4, -0.2) is 40.0 Å². The van der Waals surface area contributed by atoms with E-state index in [1.165, 1.54) is 7.11 Å². The van der Waals surface area contributed by atoms with E-state index >= 15 is 0 Å². The molecule has 1 unspecified atom stereocenters. The van der Waals surface area contributed by atoms with Crippen LogP contribution in [0.2, 0.25) is 0 Å². The van der Waals surface area contributed by atoms with Gasteiger partial charge in [-0.1, -0.05) is 0 Å².